The van der Waals surface area contributed by atoms with Gasteiger partial charge >= 0.3 is 0 Å². The minimum Gasteiger partial charge on any atom is -0.493 e. The number of nitrogens with zero attached hydrogens (tertiary/aromatic N) is 3. The summed E-state index contributed by atoms with van der Waals surface area (Å²) >= 11 is 0. The van der Waals surface area contributed by atoms with Crippen molar-refractivity contribution in [3.63, 3.8) is 0 Å². The Bertz CT molecular complexity index is 694. The standard InChI is InChI=1S/C15H18N4O3/c1-5-6-10-7-11(8-12(21-3)14(10)22-4)15(20)17-13-9-16-18-19(13)2/h5,7-9H,1,6H2,2-4H3,(H,17,20). The van der Waals surface area contributed by atoms with Crippen molar-refractivity contribution in [3.8, 4) is 11.5 Å². The number of aryl methyl sites for hydroxylation is 1. The molecular weight excluding hydrogens is 284 g/mol. The van der Waals surface area contributed by atoms with E-state index in [4.69, 9.17) is 9.47 Å². The Morgan fingerprint density at radius 3 is 2.73 bits per heavy atom. The Labute approximate surface area is 128 Å². The van der Waals surface area contributed by atoms with Crippen LogP contribution in [-0.4, -0.2) is 35.1 Å². The van der Waals surface area contributed by atoms with E-state index in [-0.39, 0.29) is 5.91 Å². The number of nitrogens with one attached hydrogen (secondary N) is 1. The number of benzene rings is 1. The molecule has 0 saturated heterocycles. The maximum atomic E-state index is 12.4. The fourth-order valence-electron chi connectivity index (χ4n) is 2.07. The van der Waals surface area contributed by atoms with Gasteiger partial charge in [0.1, 0.15) is 0 Å². The first-order valence-electron chi connectivity index (χ1n) is 6.62. The van der Waals surface area contributed by atoms with E-state index < -0.39 is 0 Å². The molecule has 0 unspecified atom stereocenters. The summed E-state index contributed by atoms with van der Waals surface area (Å²) in [6, 6.07) is 3.38. The summed E-state index contributed by atoms with van der Waals surface area (Å²) in [5.74, 6) is 1.32. The molecule has 1 heterocycles. The van der Waals surface area contributed by atoms with Crippen molar-refractivity contribution in [2.75, 3.05) is 19.5 Å². The molecule has 0 bridgehead atoms. The number of methoxy groups -OCH3 is 2. The Balaban J connectivity index is 2.37. The Hall–Kier alpha value is -2.83. The lowest BCUT2D eigenvalue weighted by Crippen LogP contribution is -2.15. The molecule has 0 aliphatic rings. The predicted octanol–water partition coefficient (Wildman–Crippen LogP) is 1.81. The molecule has 1 amide bonds. The third-order valence-corrected chi connectivity index (χ3v) is 3.14. The fourth-order valence-corrected chi connectivity index (χ4v) is 2.07. The van der Waals surface area contributed by atoms with Gasteiger partial charge in [-0.05, 0) is 18.6 Å². The summed E-state index contributed by atoms with van der Waals surface area (Å²) in [4.78, 5) is 12.4. The van der Waals surface area contributed by atoms with E-state index in [0.29, 0.717) is 29.3 Å². The number of anilines is 1. The molecule has 7 nitrogen and oxygen atoms in total. The molecule has 0 radical (unpaired) electrons. The van der Waals surface area contributed by atoms with Crippen LogP contribution in [-0.2, 0) is 13.5 Å². The van der Waals surface area contributed by atoms with Gasteiger partial charge in [0.15, 0.2) is 17.3 Å². The SMILES string of the molecule is C=CCc1cc(C(=O)Nc2cnnn2C)cc(OC)c1OC. The molecular formula is C15H18N4O3. The number of allylic oxidation sites excluding steroid dienone is 1. The highest BCUT2D eigenvalue weighted by Gasteiger charge is 2.16. The van der Waals surface area contributed by atoms with Crippen LogP contribution in [0.15, 0.2) is 31.0 Å². The molecule has 0 aliphatic carbocycles. The lowest BCUT2D eigenvalue weighted by molar-refractivity contribution is 0.102. The minimum atomic E-state index is -0.281. The fraction of sp³-hybridized carbons (Fsp3) is 0.267. The van der Waals surface area contributed by atoms with Crippen molar-refractivity contribution in [1.82, 2.24) is 15.0 Å². The molecule has 0 spiro atoms. The van der Waals surface area contributed by atoms with Crippen molar-refractivity contribution in [1.29, 1.82) is 0 Å². The highest BCUT2D eigenvalue weighted by atomic mass is 16.5. The summed E-state index contributed by atoms with van der Waals surface area (Å²) in [7, 11) is 4.79. The summed E-state index contributed by atoms with van der Waals surface area (Å²) in [6.07, 6.45) is 3.78. The molecule has 116 valence electrons. The lowest BCUT2D eigenvalue weighted by atomic mass is 10.0. The molecule has 0 saturated carbocycles. The summed E-state index contributed by atoms with van der Waals surface area (Å²) in [5.41, 5.74) is 1.28. The molecule has 1 aromatic heterocycles. The second-order valence-electron chi connectivity index (χ2n) is 4.56. The zero-order chi connectivity index (χ0) is 16.1. The second-order valence-corrected chi connectivity index (χ2v) is 4.56. The van der Waals surface area contributed by atoms with Crippen LogP contribution in [0.4, 0.5) is 5.82 Å². The topological polar surface area (TPSA) is 78.3 Å². The minimum absolute atomic E-state index is 0.281. The normalized spacial score (nSPS) is 10.1. The van der Waals surface area contributed by atoms with Crippen LogP contribution < -0.4 is 14.8 Å². The zero-order valence-corrected chi connectivity index (χ0v) is 12.8. The second kappa shape index (κ2) is 6.75. The molecule has 0 aliphatic heterocycles. The van der Waals surface area contributed by atoms with Crippen LogP contribution in [0.1, 0.15) is 15.9 Å². The molecule has 2 rings (SSSR count). The van der Waals surface area contributed by atoms with Gasteiger partial charge in [-0.25, -0.2) is 4.68 Å². The van der Waals surface area contributed by atoms with E-state index in [0.717, 1.165) is 5.56 Å². The largest absolute Gasteiger partial charge is 0.493 e. The van der Waals surface area contributed by atoms with E-state index in [2.05, 4.69) is 22.2 Å². The quantitative estimate of drug-likeness (QED) is 0.823. The Morgan fingerprint density at radius 1 is 1.41 bits per heavy atom. The lowest BCUT2D eigenvalue weighted by Gasteiger charge is -2.14. The molecule has 1 N–H and O–H groups in total. The van der Waals surface area contributed by atoms with Crippen molar-refractivity contribution in [2.45, 2.75) is 6.42 Å². The van der Waals surface area contributed by atoms with Crippen LogP contribution in [0, 0.1) is 0 Å². The summed E-state index contributed by atoms with van der Waals surface area (Å²) in [5, 5.41) is 10.2. The number of ether oxygens (including phenoxy) is 2. The highest BCUT2D eigenvalue weighted by molar-refractivity contribution is 6.04. The number of rotatable bonds is 6. The van der Waals surface area contributed by atoms with Gasteiger partial charge in [-0.1, -0.05) is 11.3 Å². The number of hydrogen-bond acceptors (Lipinski definition) is 5. The van der Waals surface area contributed by atoms with Crippen molar-refractivity contribution in [3.05, 3.63) is 42.1 Å². The Morgan fingerprint density at radius 2 is 2.18 bits per heavy atom. The van der Waals surface area contributed by atoms with E-state index >= 15 is 0 Å². The Kier molecular flexibility index (Phi) is 4.77. The average molecular weight is 302 g/mol. The van der Waals surface area contributed by atoms with Crippen LogP contribution in [0.5, 0.6) is 11.5 Å². The first-order valence-corrected chi connectivity index (χ1v) is 6.62. The maximum absolute atomic E-state index is 12.4. The number of carbonyl (C=O) groups is 1. The van der Waals surface area contributed by atoms with Gasteiger partial charge in [-0.2, -0.15) is 0 Å². The van der Waals surface area contributed by atoms with Gasteiger partial charge in [0.2, 0.25) is 0 Å². The first kappa shape index (κ1) is 15.6. The number of amides is 1. The summed E-state index contributed by atoms with van der Waals surface area (Å²) in [6.45, 7) is 3.72. The van der Waals surface area contributed by atoms with Gasteiger partial charge in [-0.15, -0.1) is 11.7 Å². The molecule has 22 heavy (non-hydrogen) atoms. The molecule has 1 aromatic carbocycles. The maximum Gasteiger partial charge on any atom is 0.257 e. The van der Waals surface area contributed by atoms with E-state index in [1.165, 1.54) is 18.0 Å². The number of carbonyl (C=O) groups excluding carboxylic acids is 1. The van der Waals surface area contributed by atoms with Gasteiger partial charge in [0.05, 0.1) is 20.4 Å². The molecule has 0 fully saturated rings. The third-order valence-electron chi connectivity index (χ3n) is 3.14. The van der Waals surface area contributed by atoms with Gasteiger partial charge in [0, 0.05) is 18.2 Å². The van der Waals surface area contributed by atoms with Gasteiger partial charge in [-0.3, -0.25) is 4.79 Å². The van der Waals surface area contributed by atoms with Crippen molar-refractivity contribution in [2.24, 2.45) is 7.05 Å². The number of aromatic nitrogens is 3. The zero-order valence-electron chi connectivity index (χ0n) is 12.8. The predicted molar refractivity (Wildman–Crippen MR) is 82.4 cm³/mol. The van der Waals surface area contributed by atoms with Gasteiger partial charge < -0.3 is 14.8 Å². The smallest absolute Gasteiger partial charge is 0.257 e. The van der Waals surface area contributed by atoms with Crippen LogP contribution in [0.25, 0.3) is 0 Å². The van der Waals surface area contributed by atoms with Crippen LogP contribution in [0.2, 0.25) is 0 Å². The molecule has 2 aromatic rings. The molecule has 7 heteroatoms. The van der Waals surface area contributed by atoms with E-state index in [1.807, 2.05) is 0 Å². The summed E-state index contributed by atoms with van der Waals surface area (Å²) < 4.78 is 12.1. The van der Waals surface area contributed by atoms with Crippen molar-refractivity contribution < 1.29 is 14.3 Å². The van der Waals surface area contributed by atoms with Crippen LogP contribution in [0.3, 0.4) is 0 Å². The third kappa shape index (κ3) is 3.08. The van der Waals surface area contributed by atoms with Gasteiger partial charge in [0.25, 0.3) is 5.91 Å². The number of hydrogen-bond donors (Lipinski definition) is 1. The van der Waals surface area contributed by atoms with Crippen molar-refractivity contribution >= 4 is 11.7 Å². The van der Waals surface area contributed by atoms with E-state index in [9.17, 15) is 4.79 Å². The molecule has 0 atom stereocenters. The van der Waals surface area contributed by atoms with E-state index in [1.54, 1.807) is 32.4 Å². The van der Waals surface area contributed by atoms with Crippen LogP contribution >= 0.6 is 0 Å². The first-order chi connectivity index (χ1) is 10.6. The average Bonchev–Trinajstić information content (AvgIpc) is 2.91. The highest BCUT2D eigenvalue weighted by Crippen LogP contribution is 2.33. The monoisotopic (exact) mass is 302 g/mol.